The molecular formula is C16H24N2OS. The third-order valence-corrected chi connectivity index (χ3v) is 5.75. The summed E-state index contributed by atoms with van der Waals surface area (Å²) in [5, 5.41) is 2.17. The molecule has 0 spiro atoms. The van der Waals surface area contributed by atoms with Crippen molar-refractivity contribution in [3.05, 3.63) is 21.9 Å². The van der Waals surface area contributed by atoms with Gasteiger partial charge in [0.2, 0.25) is 5.91 Å². The Morgan fingerprint density at radius 1 is 1.35 bits per heavy atom. The van der Waals surface area contributed by atoms with E-state index in [0.717, 1.165) is 32.4 Å². The van der Waals surface area contributed by atoms with Crippen LogP contribution in [0.4, 0.5) is 0 Å². The normalized spacial score (nSPS) is 27.4. The maximum absolute atomic E-state index is 12.6. The predicted molar refractivity (Wildman–Crippen MR) is 82.9 cm³/mol. The van der Waals surface area contributed by atoms with Crippen molar-refractivity contribution in [1.82, 2.24) is 9.80 Å². The van der Waals surface area contributed by atoms with Crippen LogP contribution in [0.5, 0.6) is 0 Å². The third-order valence-electron chi connectivity index (χ3n) is 4.73. The van der Waals surface area contributed by atoms with Crippen molar-refractivity contribution in [2.75, 3.05) is 13.1 Å². The topological polar surface area (TPSA) is 23.6 Å². The van der Waals surface area contributed by atoms with Crippen molar-refractivity contribution >= 4 is 17.2 Å². The molecule has 110 valence electrons. The van der Waals surface area contributed by atoms with Crippen LogP contribution < -0.4 is 0 Å². The lowest BCUT2D eigenvalue weighted by atomic mass is 9.97. The second-order valence-electron chi connectivity index (χ2n) is 6.26. The second kappa shape index (κ2) is 5.86. The van der Waals surface area contributed by atoms with Crippen LogP contribution in [0.1, 0.15) is 43.6 Å². The van der Waals surface area contributed by atoms with Crippen LogP contribution in [0.3, 0.4) is 0 Å². The van der Waals surface area contributed by atoms with Crippen LogP contribution in [0.25, 0.3) is 0 Å². The first kappa shape index (κ1) is 14.1. The van der Waals surface area contributed by atoms with Gasteiger partial charge >= 0.3 is 0 Å². The Morgan fingerprint density at radius 3 is 2.85 bits per heavy atom. The Morgan fingerprint density at radius 2 is 2.10 bits per heavy atom. The smallest absolute Gasteiger partial charge is 0.237 e. The molecule has 1 aromatic rings. The molecule has 4 heteroatoms. The maximum atomic E-state index is 12.6. The highest BCUT2D eigenvalue weighted by molar-refractivity contribution is 7.10. The Bertz CT molecular complexity index is 475. The number of hydrogen-bond donors (Lipinski definition) is 0. The number of thiophene rings is 1. The van der Waals surface area contributed by atoms with Gasteiger partial charge in [0, 0.05) is 30.1 Å². The van der Waals surface area contributed by atoms with Gasteiger partial charge in [-0.25, -0.2) is 0 Å². The number of nitrogens with zero attached hydrogens (tertiary/aromatic N) is 2. The van der Waals surface area contributed by atoms with E-state index in [1.807, 2.05) is 11.3 Å². The summed E-state index contributed by atoms with van der Waals surface area (Å²) in [6.45, 7) is 6.95. The summed E-state index contributed by atoms with van der Waals surface area (Å²) in [5.74, 6) is 0.323. The molecule has 2 aliphatic heterocycles. The molecule has 0 N–H and O–H groups in total. The number of amides is 1. The van der Waals surface area contributed by atoms with Crippen molar-refractivity contribution < 1.29 is 4.79 Å². The lowest BCUT2D eigenvalue weighted by molar-refractivity contribution is -0.138. The van der Waals surface area contributed by atoms with Crippen molar-refractivity contribution in [2.24, 2.45) is 0 Å². The molecule has 3 heterocycles. The zero-order chi connectivity index (χ0) is 14.1. The number of rotatable bonds is 2. The lowest BCUT2D eigenvalue weighted by Crippen LogP contribution is -2.51. The van der Waals surface area contributed by atoms with Gasteiger partial charge in [0.25, 0.3) is 0 Å². The van der Waals surface area contributed by atoms with Crippen molar-refractivity contribution in [1.29, 1.82) is 0 Å². The highest BCUT2D eigenvalue weighted by atomic mass is 32.1. The number of carbonyl (C=O) groups excluding carboxylic acids is 1. The van der Waals surface area contributed by atoms with E-state index < -0.39 is 0 Å². The van der Waals surface area contributed by atoms with Crippen LogP contribution in [-0.2, 0) is 17.8 Å². The number of likely N-dealkylation sites (tertiary alicyclic amines) is 1. The summed E-state index contributed by atoms with van der Waals surface area (Å²) in [4.78, 5) is 18.6. The van der Waals surface area contributed by atoms with Gasteiger partial charge in [-0.05, 0) is 56.5 Å². The molecule has 1 aromatic heterocycles. The van der Waals surface area contributed by atoms with Gasteiger partial charge in [0.1, 0.15) is 0 Å². The second-order valence-corrected chi connectivity index (χ2v) is 7.26. The molecule has 2 unspecified atom stereocenters. The molecule has 20 heavy (non-hydrogen) atoms. The molecule has 0 radical (unpaired) electrons. The van der Waals surface area contributed by atoms with Gasteiger partial charge in [0.15, 0.2) is 0 Å². The fourth-order valence-corrected chi connectivity index (χ4v) is 4.52. The molecule has 3 rings (SSSR count). The van der Waals surface area contributed by atoms with E-state index in [9.17, 15) is 4.79 Å². The van der Waals surface area contributed by atoms with Gasteiger partial charge in [-0.3, -0.25) is 9.69 Å². The number of carbonyl (C=O) groups is 1. The minimum absolute atomic E-state index is 0.323. The fourth-order valence-electron chi connectivity index (χ4n) is 3.63. The van der Waals surface area contributed by atoms with Crippen LogP contribution in [-0.4, -0.2) is 40.9 Å². The largest absolute Gasteiger partial charge is 0.336 e. The maximum Gasteiger partial charge on any atom is 0.237 e. The molecule has 2 atom stereocenters. The van der Waals surface area contributed by atoms with E-state index in [0.29, 0.717) is 24.5 Å². The van der Waals surface area contributed by atoms with E-state index in [1.54, 1.807) is 0 Å². The Balaban J connectivity index is 1.62. The first-order valence-electron chi connectivity index (χ1n) is 7.74. The number of hydrogen-bond acceptors (Lipinski definition) is 3. The summed E-state index contributed by atoms with van der Waals surface area (Å²) >= 11 is 1.85. The van der Waals surface area contributed by atoms with Gasteiger partial charge < -0.3 is 4.90 Å². The summed E-state index contributed by atoms with van der Waals surface area (Å²) in [5.41, 5.74) is 1.42. The van der Waals surface area contributed by atoms with E-state index in [1.165, 1.54) is 16.9 Å². The van der Waals surface area contributed by atoms with Crippen molar-refractivity contribution in [3.63, 3.8) is 0 Å². The minimum Gasteiger partial charge on any atom is -0.336 e. The summed E-state index contributed by atoms with van der Waals surface area (Å²) in [7, 11) is 0. The molecule has 1 amide bonds. The lowest BCUT2D eigenvalue weighted by Gasteiger charge is -2.40. The van der Waals surface area contributed by atoms with E-state index in [-0.39, 0.29) is 0 Å². The highest BCUT2D eigenvalue weighted by Gasteiger charge is 2.30. The highest BCUT2D eigenvalue weighted by Crippen LogP contribution is 2.26. The summed E-state index contributed by atoms with van der Waals surface area (Å²) in [6, 6.07) is 3.03. The molecule has 2 aliphatic rings. The average Bonchev–Trinajstić information content (AvgIpc) is 2.85. The Hall–Kier alpha value is -0.870. The van der Waals surface area contributed by atoms with Crippen LogP contribution in [0.2, 0.25) is 0 Å². The number of fused-ring (bicyclic) bond motifs is 1. The zero-order valence-corrected chi connectivity index (χ0v) is 13.3. The summed E-state index contributed by atoms with van der Waals surface area (Å²) in [6.07, 6.45) is 4.68. The van der Waals surface area contributed by atoms with Crippen LogP contribution >= 0.6 is 11.3 Å². The van der Waals surface area contributed by atoms with Gasteiger partial charge in [-0.1, -0.05) is 0 Å². The standard InChI is InChI=1S/C16H24N2OS/c1-12-4-3-5-13(2)18(12)16(19)11-17-8-6-15-14(10-17)7-9-20-15/h7,9,12-13H,3-6,8,10-11H2,1-2H3. The average molecular weight is 292 g/mol. The van der Waals surface area contributed by atoms with Gasteiger partial charge in [0.05, 0.1) is 6.54 Å². The third kappa shape index (κ3) is 2.77. The minimum atomic E-state index is 0.323. The SMILES string of the molecule is CC1CCCC(C)N1C(=O)CN1CCc2sccc2C1. The molecule has 0 aliphatic carbocycles. The Kier molecular flexibility index (Phi) is 4.13. The number of piperidine rings is 1. The quantitative estimate of drug-likeness (QED) is 0.837. The molecule has 0 bridgehead atoms. The van der Waals surface area contributed by atoms with Gasteiger partial charge in [-0.15, -0.1) is 11.3 Å². The van der Waals surface area contributed by atoms with Crippen LogP contribution in [0.15, 0.2) is 11.4 Å². The molecule has 0 saturated carbocycles. The van der Waals surface area contributed by atoms with Crippen molar-refractivity contribution in [2.45, 2.75) is 58.2 Å². The molecule has 1 fully saturated rings. The van der Waals surface area contributed by atoms with Crippen LogP contribution in [0, 0.1) is 0 Å². The summed E-state index contributed by atoms with van der Waals surface area (Å²) < 4.78 is 0. The monoisotopic (exact) mass is 292 g/mol. The van der Waals surface area contributed by atoms with E-state index >= 15 is 0 Å². The van der Waals surface area contributed by atoms with E-state index in [2.05, 4.69) is 35.1 Å². The fraction of sp³-hybridized carbons (Fsp3) is 0.688. The van der Waals surface area contributed by atoms with Gasteiger partial charge in [-0.2, -0.15) is 0 Å². The predicted octanol–water partition coefficient (Wildman–Crippen LogP) is 2.90. The molecule has 1 saturated heterocycles. The van der Waals surface area contributed by atoms with Crippen molar-refractivity contribution in [3.8, 4) is 0 Å². The van der Waals surface area contributed by atoms with E-state index in [4.69, 9.17) is 0 Å². The first-order chi connectivity index (χ1) is 9.65. The molecule has 0 aromatic carbocycles. The first-order valence-corrected chi connectivity index (χ1v) is 8.62. The Labute approximate surface area is 125 Å². The zero-order valence-electron chi connectivity index (χ0n) is 12.5. The molecular weight excluding hydrogens is 268 g/mol. The molecule has 3 nitrogen and oxygen atoms in total.